The lowest BCUT2D eigenvalue weighted by atomic mass is 9.80. The largest absolute Gasteiger partial charge is 0.481 e. The molecule has 1 aliphatic carbocycles. The average Bonchev–Trinajstić information content (AvgIpc) is 3.09. The number of amides is 1. The lowest BCUT2D eigenvalue weighted by Crippen LogP contribution is -2.46. The van der Waals surface area contributed by atoms with Gasteiger partial charge >= 0.3 is 5.97 Å². The van der Waals surface area contributed by atoms with Crippen LogP contribution in [0.1, 0.15) is 25.2 Å². The van der Waals surface area contributed by atoms with Crippen LogP contribution in [-0.4, -0.2) is 33.2 Å². The third-order valence-corrected chi connectivity index (χ3v) is 3.63. The summed E-state index contributed by atoms with van der Waals surface area (Å²) in [5.41, 5.74) is 0. The maximum Gasteiger partial charge on any atom is 0.306 e. The summed E-state index contributed by atoms with van der Waals surface area (Å²) in [5, 5.41) is 15.3. The number of nitrogens with zero attached hydrogens (tertiary/aromatic N) is 2. The van der Waals surface area contributed by atoms with Gasteiger partial charge in [0, 0.05) is 18.9 Å². The second-order valence-corrected chi connectivity index (χ2v) is 5.26. The first-order valence-electron chi connectivity index (χ1n) is 7.00. The van der Waals surface area contributed by atoms with Gasteiger partial charge in [-0.15, -0.1) is 0 Å². The maximum absolute atomic E-state index is 11.8. The Morgan fingerprint density at radius 1 is 1.41 bits per heavy atom. The fourth-order valence-electron chi connectivity index (χ4n) is 2.32. The Balaban J connectivity index is 1.43. The van der Waals surface area contributed by atoms with Gasteiger partial charge in [0.15, 0.2) is 5.76 Å². The van der Waals surface area contributed by atoms with Crippen LogP contribution in [0, 0.1) is 5.92 Å². The molecule has 22 heavy (non-hydrogen) atoms. The molecule has 0 aromatic carbocycles. The normalized spacial score (nSPS) is 20.4. The SMILES string of the molecule is O=C(CCc1nc(-c2ccco2)no1)NC1CC(C(=O)O)C1. The second-order valence-electron chi connectivity index (χ2n) is 5.26. The number of furan rings is 1. The average molecular weight is 305 g/mol. The van der Waals surface area contributed by atoms with Gasteiger partial charge in [-0.05, 0) is 25.0 Å². The summed E-state index contributed by atoms with van der Waals surface area (Å²) in [5.74, 6) is -0.0681. The van der Waals surface area contributed by atoms with Crippen molar-refractivity contribution < 1.29 is 23.6 Å². The van der Waals surface area contributed by atoms with Crippen LogP contribution in [-0.2, 0) is 16.0 Å². The molecule has 1 aliphatic rings. The van der Waals surface area contributed by atoms with Gasteiger partial charge < -0.3 is 19.4 Å². The molecule has 1 fully saturated rings. The van der Waals surface area contributed by atoms with E-state index in [-0.39, 0.29) is 24.3 Å². The van der Waals surface area contributed by atoms with Crippen molar-refractivity contribution in [1.82, 2.24) is 15.5 Å². The summed E-state index contributed by atoms with van der Waals surface area (Å²) in [6, 6.07) is 3.40. The molecule has 2 N–H and O–H groups in total. The predicted octanol–water partition coefficient (Wildman–Crippen LogP) is 1.24. The Kier molecular flexibility index (Phi) is 3.90. The zero-order chi connectivity index (χ0) is 15.5. The molecule has 3 rings (SSSR count). The molecule has 2 heterocycles. The minimum absolute atomic E-state index is 0.0463. The van der Waals surface area contributed by atoms with Gasteiger partial charge in [0.05, 0.1) is 12.2 Å². The molecular weight excluding hydrogens is 290 g/mol. The lowest BCUT2D eigenvalue weighted by Gasteiger charge is -2.32. The molecule has 1 amide bonds. The number of hydrogen-bond donors (Lipinski definition) is 2. The second kappa shape index (κ2) is 6.00. The number of carbonyl (C=O) groups excluding carboxylic acids is 1. The molecule has 0 saturated heterocycles. The van der Waals surface area contributed by atoms with E-state index < -0.39 is 5.97 Å². The summed E-state index contributed by atoms with van der Waals surface area (Å²) in [4.78, 5) is 26.6. The van der Waals surface area contributed by atoms with Crippen LogP contribution in [0.25, 0.3) is 11.6 Å². The predicted molar refractivity (Wildman–Crippen MR) is 72.6 cm³/mol. The third kappa shape index (κ3) is 3.16. The standard InChI is InChI=1S/C14H15N3O5/c18-11(15-9-6-8(7-9)14(19)20)3-4-12-16-13(17-22-12)10-2-1-5-21-10/h1-2,5,8-9H,3-4,6-7H2,(H,15,18)(H,19,20). The molecule has 0 radical (unpaired) electrons. The molecule has 0 aliphatic heterocycles. The number of carbonyl (C=O) groups is 2. The van der Waals surface area contributed by atoms with Crippen LogP contribution in [0.15, 0.2) is 27.3 Å². The van der Waals surface area contributed by atoms with Crippen LogP contribution in [0.3, 0.4) is 0 Å². The van der Waals surface area contributed by atoms with Gasteiger partial charge in [-0.1, -0.05) is 5.16 Å². The van der Waals surface area contributed by atoms with E-state index in [2.05, 4.69) is 15.5 Å². The van der Waals surface area contributed by atoms with Crippen molar-refractivity contribution in [2.24, 2.45) is 5.92 Å². The van der Waals surface area contributed by atoms with E-state index in [1.54, 1.807) is 12.1 Å². The van der Waals surface area contributed by atoms with Crippen molar-refractivity contribution in [1.29, 1.82) is 0 Å². The van der Waals surface area contributed by atoms with Crippen LogP contribution in [0.4, 0.5) is 0 Å². The highest BCUT2D eigenvalue weighted by Crippen LogP contribution is 2.27. The first-order valence-corrected chi connectivity index (χ1v) is 7.00. The van der Waals surface area contributed by atoms with E-state index in [0.717, 1.165) is 0 Å². The summed E-state index contributed by atoms with van der Waals surface area (Å²) in [6.45, 7) is 0. The topological polar surface area (TPSA) is 118 Å². The number of nitrogens with one attached hydrogen (secondary N) is 1. The smallest absolute Gasteiger partial charge is 0.306 e. The fourth-order valence-corrected chi connectivity index (χ4v) is 2.32. The maximum atomic E-state index is 11.8. The fraction of sp³-hybridized carbons (Fsp3) is 0.429. The van der Waals surface area contributed by atoms with Crippen molar-refractivity contribution in [2.75, 3.05) is 0 Å². The van der Waals surface area contributed by atoms with Crippen molar-refractivity contribution in [3.05, 3.63) is 24.3 Å². The van der Waals surface area contributed by atoms with Gasteiger partial charge in [-0.2, -0.15) is 4.98 Å². The summed E-state index contributed by atoms with van der Waals surface area (Å²) in [7, 11) is 0. The van der Waals surface area contributed by atoms with Crippen molar-refractivity contribution in [3.8, 4) is 11.6 Å². The zero-order valence-corrected chi connectivity index (χ0v) is 11.7. The molecule has 8 heteroatoms. The Hall–Kier alpha value is -2.64. The molecule has 2 aromatic heterocycles. The summed E-state index contributed by atoms with van der Waals surface area (Å²) < 4.78 is 10.2. The van der Waals surface area contributed by atoms with E-state index in [0.29, 0.717) is 36.7 Å². The van der Waals surface area contributed by atoms with Crippen LogP contribution in [0.2, 0.25) is 0 Å². The number of aromatic nitrogens is 2. The van der Waals surface area contributed by atoms with E-state index in [4.69, 9.17) is 14.0 Å². The minimum atomic E-state index is -0.804. The first kappa shape index (κ1) is 14.3. The molecule has 116 valence electrons. The molecule has 0 bridgehead atoms. The summed E-state index contributed by atoms with van der Waals surface area (Å²) >= 11 is 0. The van der Waals surface area contributed by atoms with Gasteiger partial charge in [0.1, 0.15) is 0 Å². The molecule has 0 spiro atoms. The number of aliphatic carboxylic acids is 1. The molecule has 0 atom stereocenters. The Morgan fingerprint density at radius 2 is 2.23 bits per heavy atom. The van der Waals surface area contributed by atoms with E-state index in [9.17, 15) is 9.59 Å². The number of carboxylic acids is 1. The highest BCUT2D eigenvalue weighted by atomic mass is 16.5. The molecule has 0 unspecified atom stereocenters. The van der Waals surface area contributed by atoms with Crippen molar-refractivity contribution in [2.45, 2.75) is 31.7 Å². The highest BCUT2D eigenvalue weighted by Gasteiger charge is 2.35. The number of carboxylic acid groups (broad SMARTS) is 1. The minimum Gasteiger partial charge on any atom is -0.481 e. The number of aryl methyl sites for hydroxylation is 1. The van der Waals surface area contributed by atoms with Gasteiger partial charge in [0.25, 0.3) is 0 Å². The lowest BCUT2D eigenvalue weighted by molar-refractivity contribution is -0.146. The van der Waals surface area contributed by atoms with Crippen LogP contribution < -0.4 is 5.32 Å². The third-order valence-electron chi connectivity index (χ3n) is 3.63. The first-order chi connectivity index (χ1) is 10.6. The Bertz CT molecular complexity index is 658. The van der Waals surface area contributed by atoms with Gasteiger partial charge in [0.2, 0.25) is 17.6 Å². The van der Waals surface area contributed by atoms with Gasteiger partial charge in [-0.3, -0.25) is 9.59 Å². The quantitative estimate of drug-likeness (QED) is 0.824. The molecule has 1 saturated carbocycles. The van der Waals surface area contributed by atoms with E-state index in [1.165, 1.54) is 6.26 Å². The highest BCUT2D eigenvalue weighted by molar-refractivity contribution is 5.77. The van der Waals surface area contributed by atoms with E-state index in [1.807, 2.05) is 0 Å². The van der Waals surface area contributed by atoms with Crippen molar-refractivity contribution in [3.63, 3.8) is 0 Å². The number of rotatable bonds is 6. The van der Waals surface area contributed by atoms with Crippen LogP contribution in [0.5, 0.6) is 0 Å². The number of hydrogen-bond acceptors (Lipinski definition) is 6. The van der Waals surface area contributed by atoms with E-state index >= 15 is 0 Å². The van der Waals surface area contributed by atoms with Gasteiger partial charge in [-0.25, -0.2) is 0 Å². The Labute approximate surface area is 125 Å². The Morgan fingerprint density at radius 3 is 2.91 bits per heavy atom. The molecule has 8 nitrogen and oxygen atoms in total. The monoisotopic (exact) mass is 305 g/mol. The molecular formula is C14H15N3O5. The van der Waals surface area contributed by atoms with Crippen LogP contribution >= 0.6 is 0 Å². The summed E-state index contributed by atoms with van der Waals surface area (Å²) in [6.07, 6.45) is 3.04. The zero-order valence-electron chi connectivity index (χ0n) is 11.7. The molecule has 2 aromatic rings. The van der Waals surface area contributed by atoms with Crippen molar-refractivity contribution >= 4 is 11.9 Å².